The molecule has 0 saturated heterocycles. The molecule has 1 heteroatoms. The van der Waals surface area contributed by atoms with Crippen molar-refractivity contribution in [3.8, 4) is 0 Å². The molecule has 0 fully saturated rings. The van der Waals surface area contributed by atoms with Gasteiger partial charge in [0, 0.05) is 25.8 Å². The van der Waals surface area contributed by atoms with Crippen LogP contribution in [-0.4, -0.2) is 0 Å². The Hall–Kier alpha value is -0.170. The van der Waals surface area contributed by atoms with Crippen molar-refractivity contribution in [3.63, 3.8) is 0 Å². The summed E-state index contributed by atoms with van der Waals surface area (Å²) in [6.07, 6.45) is 20.0. The molecule has 2 aliphatic rings. The molecule has 0 aromatic carbocycles. The predicted molar refractivity (Wildman–Crippen MR) is 69.1 cm³/mol. The van der Waals surface area contributed by atoms with Crippen LogP contribution in [0.2, 0.25) is 0 Å². The van der Waals surface area contributed by atoms with Crippen molar-refractivity contribution in [1.82, 2.24) is 0 Å². The summed E-state index contributed by atoms with van der Waals surface area (Å²) in [7, 11) is 0. The van der Waals surface area contributed by atoms with Crippen LogP contribution in [0.1, 0.15) is 35.0 Å². The van der Waals surface area contributed by atoms with Gasteiger partial charge in [0.25, 0.3) is 0 Å². The Balaban J connectivity index is -0.000000163. The zero-order chi connectivity index (χ0) is 11.6. The summed E-state index contributed by atoms with van der Waals surface area (Å²) in [6, 6.07) is 0. The second-order valence-corrected chi connectivity index (χ2v) is 4.57. The van der Waals surface area contributed by atoms with Gasteiger partial charge in [-0.1, -0.05) is 20.8 Å². The smallest absolute Gasteiger partial charge is 0 e. The Morgan fingerprint density at radius 1 is 1.00 bits per heavy atom. The molecule has 0 unspecified atom stereocenters. The first kappa shape index (κ1) is 18.2. The Morgan fingerprint density at radius 3 is 1.38 bits per heavy atom. The molecule has 2 aliphatic carbocycles. The normalized spacial score (nSPS) is 14.8. The zero-order valence-electron chi connectivity index (χ0n) is 11.6. The molecule has 0 heterocycles. The number of allylic oxidation sites excluding steroid dienone is 8. The second-order valence-electron chi connectivity index (χ2n) is 4.57. The van der Waals surface area contributed by atoms with E-state index in [2.05, 4.69) is 52.0 Å². The summed E-state index contributed by atoms with van der Waals surface area (Å²) in [6.45, 7) is 10.0. The fourth-order valence-electron chi connectivity index (χ4n) is 0.680. The summed E-state index contributed by atoms with van der Waals surface area (Å²) in [5.74, 6) is 0. The van der Waals surface area contributed by atoms with Crippen molar-refractivity contribution in [2.75, 3.05) is 0 Å². The number of hydrogen-bond donors (Lipinski definition) is 0. The Bertz CT molecular complexity index is 207. The molecule has 0 radical (unpaired) electrons. The van der Waals surface area contributed by atoms with E-state index in [4.69, 9.17) is 0 Å². The van der Waals surface area contributed by atoms with Crippen LogP contribution in [0.25, 0.3) is 0 Å². The Morgan fingerprint density at radius 2 is 1.31 bits per heavy atom. The molecular weight excluding hydrogens is 359 g/mol. The molecule has 0 spiro atoms. The summed E-state index contributed by atoms with van der Waals surface area (Å²) in [5, 5.41) is 0. The van der Waals surface area contributed by atoms with Gasteiger partial charge in [-0.2, -0.15) is 17.6 Å². The maximum Gasteiger partial charge on any atom is 0 e. The van der Waals surface area contributed by atoms with Crippen molar-refractivity contribution in [1.29, 1.82) is 0 Å². The van der Waals surface area contributed by atoms with Crippen molar-refractivity contribution in [2.24, 2.45) is 5.41 Å². The van der Waals surface area contributed by atoms with Gasteiger partial charge in [0.05, 0.1) is 0 Å². The van der Waals surface area contributed by atoms with Gasteiger partial charge in [-0.05, 0) is 0 Å². The van der Waals surface area contributed by atoms with E-state index in [1.54, 1.807) is 0 Å². The van der Waals surface area contributed by atoms with Crippen LogP contribution >= 0.6 is 0 Å². The minimum atomic E-state index is 0. The fourth-order valence-corrected chi connectivity index (χ4v) is 0.680. The molecule has 90 valence electrons. The molecular formula is C15H22Hf-4. The molecule has 0 aromatic rings. The molecule has 0 saturated carbocycles. The maximum absolute atomic E-state index is 3.77. The Labute approximate surface area is 121 Å². The average Bonchev–Trinajstić information content (AvgIpc) is 2.81. The number of hydrogen-bond acceptors (Lipinski definition) is 0. The van der Waals surface area contributed by atoms with Gasteiger partial charge < -0.3 is 8.35 Å². The molecule has 16 heavy (non-hydrogen) atoms. The molecule has 0 amide bonds. The molecule has 0 aromatic heterocycles. The van der Waals surface area contributed by atoms with Crippen LogP contribution in [-0.2, 0) is 25.8 Å². The summed E-state index contributed by atoms with van der Waals surface area (Å²) in [5.41, 5.74) is 0.250. The van der Waals surface area contributed by atoms with E-state index in [0.29, 0.717) is 0 Å². The fraction of sp³-hybridized carbons (Fsp3) is 0.400. The molecule has 0 bridgehead atoms. The van der Waals surface area contributed by atoms with Gasteiger partial charge in [-0.3, -0.25) is 12.2 Å². The first-order valence-electron chi connectivity index (χ1n) is 5.29. The molecule has 2 rings (SSSR count). The van der Waals surface area contributed by atoms with Gasteiger partial charge in [0.15, 0.2) is 0 Å². The first-order chi connectivity index (χ1) is 7.00. The van der Waals surface area contributed by atoms with Gasteiger partial charge >= 0.3 is 0 Å². The minimum absolute atomic E-state index is 0. The average molecular weight is 381 g/mol. The van der Waals surface area contributed by atoms with E-state index in [0.717, 1.165) is 12.8 Å². The van der Waals surface area contributed by atoms with E-state index in [1.165, 1.54) is 0 Å². The monoisotopic (exact) mass is 382 g/mol. The van der Waals surface area contributed by atoms with Crippen molar-refractivity contribution >= 4 is 0 Å². The summed E-state index contributed by atoms with van der Waals surface area (Å²) >= 11 is 0. The van der Waals surface area contributed by atoms with E-state index in [-0.39, 0.29) is 32.7 Å². The van der Waals surface area contributed by atoms with Crippen LogP contribution in [0, 0.1) is 24.5 Å². The minimum Gasteiger partial charge on any atom is -1.00 e. The standard InChI is InChI=1S/2C5H5.C5H11.Hf.H/c2*1-2-4-5-3-1;1-5(2,3)4;;/h2*1-3H,4H2;1H2,2-4H3;;/q3*-1;;-1. The van der Waals surface area contributed by atoms with Crippen LogP contribution in [0.5, 0.6) is 0 Å². The van der Waals surface area contributed by atoms with E-state index in [9.17, 15) is 0 Å². The van der Waals surface area contributed by atoms with Gasteiger partial charge in [-0.15, -0.1) is 12.8 Å². The maximum atomic E-state index is 3.77. The molecule has 0 atom stereocenters. The SMILES string of the molecule is [C-]1=CC=CC1.[C-]1=CC=CC1.[CH2-]C(C)(C)C.[H-].[Hf]. The largest absolute Gasteiger partial charge is 1.00 e. The summed E-state index contributed by atoms with van der Waals surface area (Å²) in [4.78, 5) is 0. The van der Waals surface area contributed by atoms with Crippen LogP contribution in [0.4, 0.5) is 0 Å². The topological polar surface area (TPSA) is 0 Å². The summed E-state index contributed by atoms with van der Waals surface area (Å²) < 4.78 is 0. The van der Waals surface area contributed by atoms with Gasteiger partial charge in [-0.25, -0.2) is 24.3 Å². The van der Waals surface area contributed by atoms with E-state index >= 15 is 0 Å². The van der Waals surface area contributed by atoms with Gasteiger partial charge in [0.1, 0.15) is 0 Å². The zero-order valence-corrected chi connectivity index (χ0v) is 14.2. The molecule has 0 N–H and O–H groups in total. The van der Waals surface area contributed by atoms with Crippen LogP contribution < -0.4 is 0 Å². The van der Waals surface area contributed by atoms with Crippen molar-refractivity contribution in [3.05, 3.63) is 55.5 Å². The quantitative estimate of drug-likeness (QED) is 0.426. The third kappa shape index (κ3) is 23.6. The third-order valence-corrected chi connectivity index (χ3v) is 1.17. The molecule has 0 aliphatic heterocycles. The van der Waals surface area contributed by atoms with Crippen LogP contribution in [0.3, 0.4) is 0 Å². The predicted octanol–water partition coefficient (Wildman–Crippen LogP) is 4.59. The van der Waals surface area contributed by atoms with E-state index < -0.39 is 0 Å². The van der Waals surface area contributed by atoms with E-state index in [1.807, 2.05) is 24.3 Å². The molecule has 0 nitrogen and oxygen atoms in total. The van der Waals surface area contributed by atoms with Crippen molar-refractivity contribution in [2.45, 2.75) is 33.6 Å². The Kier molecular flexibility index (Phi) is 12.9. The van der Waals surface area contributed by atoms with Crippen LogP contribution in [0.15, 0.2) is 36.5 Å². The second kappa shape index (κ2) is 11.3. The van der Waals surface area contributed by atoms with Crippen molar-refractivity contribution < 1.29 is 27.3 Å². The first-order valence-corrected chi connectivity index (χ1v) is 5.29. The number of rotatable bonds is 0. The van der Waals surface area contributed by atoms with Gasteiger partial charge in [0.2, 0.25) is 0 Å². The third-order valence-electron chi connectivity index (χ3n) is 1.17.